The van der Waals surface area contributed by atoms with E-state index >= 15 is 0 Å². The number of hydrogen-bond donors (Lipinski definition) is 2. The summed E-state index contributed by atoms with van der Waals surface area (Å²) in [6.45, 7) is 6.42. The molecule has 2 N–H and O–H groups in total. The quantitative estimate of drug-likeness (QED) is 0.641. The highest BCUT2D eigenvalue weighted by Crippen LogP contribution is 1.98. The number of ether oxygens (including phenoxy) is 1. The van der Waals surface area contributed by atoms with Gasteiger partial charge < -0.3 is 19.9 Å². The summed E-state index contributed by atoms with van der Waals surface area (Å²) < 4.78 is 6.82. The summed E-state index contributed by atoms with van der Waals surface area (Å²) >= 11 is 0. The van der Waals surface area contributed by atoms with Crippen LogP contribution in [0.5, 0.6) is 0 Å². The molecule has 0 saturated carbocycles. The first-order chi connectivity index (χ1) is 9.17. The van der Waals surface area contributed by atoms with Crippen LogP contribution < -0.4 is 10.6 Å². The van der Waals surface area contributed by atoms with Crippen LogP contribution in [0, 0.1) is 0 Å². The summed E-state index contributed by atoms with van der Waals surface area (Å²) in [5.41, 5.74) is 0. The molecule has 1 unspecified atom stereocenters. The van der Waals surface area contributed by atoms with Crippen molar-refractivity contribution in [1.29, 1.82) is 0 Å². The number of carbonyl (C=O) groups excluding carboxylic acids is 1. The first-order valence-electron chi connectivity index (χ1n) is 6.66. The maximum absolute atomic E-state index is 11.8. The monoisotopic (exact) mass is 268 g/mol. The van der Waals surface area contributed by atoms with E-state index in [1.54, 1.807) is 13.3 Å². The lowest BCUT2D eigenvalue weighted by Gasteiger charge is -2.13. The molecule has 0 radical (unpaired) electrons. The molecular weight excluding hydrogens is 244 g/mol. The number of nitrogens with one attached hydrogen (secondary N) is 2. The third kappa shape index (κ3) is 5.85. The van der Waals surface area contributed by atoms with Crippen molar-refractivity contribution in [3.8, 4) is 0 Å². The van der Waals surface area contributed by atoms with Crippen LogP contribution in [-0.2, 0) is 22.6 Å². The average Bonchev–Trinajstić information content (AvgIpc) is 2.81. The first-order valence-corrected chi connectivity index (χ1v) is 6.66. The van der Waals surface area contributed by atoms with Crippen LogP contribution in [-0.4, -0.2) is 41.8 Å². The summed E-state index contributed by atoms with van der Waals surface area (Å²) in [4.78, 5) is 16.1. The largest absolute Gasteiger partial charge is 0.383 e. The van der Waals surface area contributed by atoms with Crippen LogP contribution in [0.25, 0.3) is 0 Å². The number of hydrogen-bond acceptors (Lipinski definition) is 4. The number of amides is 1. The Morgan fingerprint density at radius 1 is 1.58 bits per heavy atom. The number of imidazole rings is 1. The summed E-state index contributed by atoms with van der Waals surface area (Å²) in [6.07, 6.45) is 4.47. The Kier molecular flexibility index (Phi) is 7.14. The van der Waals surface area contributed by atoms with E-state index in [2.05, 4.69) is 15.6 Å². The minimum atomic E-state index is 0.0190. The Morgan fingerprint density at radius 3 is 3.05 bits per heavy atom. The third-order valence-corrected chi connectivity index (χ3v) is 2.90. The van der Waals surface area contributed by atoms with Gasteiger partial charge in [0.25, 0.3) is 0 Å². The van der Waals surface area contributed by atoms with Crippen molar-refractivity contribution in [2.45, 2.75) is 39.4 Å². The van der Waals surface area contributed by atoms with Crippen LogP contribution in [0.2, 0.25) is 0 Å². The van der Waals surface area contributed by atoms with Crippen LogP contribution in [0.15, 0.2) is 12.4 Å². The first kappa shape index (κ1) is 15.7. The van der Waals surface area contributed by atoms with Crippen LogP contribution in [0.1, 0.15) is 26.1 Å². The maximum atomic E-state index is 11.8. The minimum Gasteiger partial charge on any atom is -0.383 e. The third-order valence-electron chi connectivity index (χ3n) is 2.90. The molecule has 19 heavy (non-hydrogen) atoms. The van der Waals surface area contributed by atoms with E-state index in [1.807, 2.05) is 24.6 Å². The Hall–Kier alpha value is -1.40. The molecule has 108 valence electrons. The van der Waals surface area contributed by atoms with Crippen molar-refractivity contribution in [3.05, 3.63) is 18.2 Å². The topological polar surface area (TPSA) is 68.2 Å². The molecular formula is C13H24N4O2. The average molecular weight is 268 g/mol. The standard InChI is InChI=1S/C13H24N4O2/c1-4-11(2)16-13(18)10-17-7-5-15-12(17)9-14-6-8-19-3/h5,7,11,14H,4,6,8-10H2,1-3H3,(H,16,18). The lowest BCUT2D eigenvalue weighted by Crippen LogP contribution is -2.35. The Bertz CT molecular complexity index is 378. The van der Waals surface area contributed by atoms with E-state index in [-0.39, 0.29) is 11.9 Å². The molecule has 6 heteroatoms. The van der Waals surface area contributed by atoms with Gasteiger partial charge in [-0.05, 0) is 13.3 Å². The number of aromatic nitrogens is 2. The van der Waals surface area contributed by atoms with Gasteiger partial charge >= 0.3 is 0 Å². The fraction of sp³-hybridized carbons (Fsp3) is 0.692. The fourth-order valence-corrected chi connectivity index (χ4v) is 1.60. The van der Waals surface area contributed by atoms with E-state index in [9.17, 15) is 4.79 Å². The number of rotatable bonds is 9. The molecule has 0 aliphatic rings. The van der Waals surface area contributed by atoms with E-state index in [1.165, 1.54) is 0 Å². The van der Waals surface area contributed by atoms with Gasteiger partial charge in [0.2, 0.25) is 5.91 Å². The molecule has 0 aromatic carbocycles. The normalized spacial score (nSPS) is 12.4. The van der Waals surface area contributed by atoms with Gasteiger partial charge in [0, 0.05) is 32.1 Å². The van der Waals surface area contributed by atoms with Gasteiger partial charge in [-0.3, -0.25) is 4.79 Å². The van der Waals surface area contributed by atoms with Crippen LogP contribution >= 0.6 is 0 Å². The molecule has 0 spiro atoms. The van der Waals surface area contributed by atoms with Gasteiger partial charge in [-0.1, -0.05) is 6.92 Å². The molecule has 0 aliphatic heterocycles. The highest BCUT2D eigenvalue weighted by Gasteiger charge is 2.09. The van der Waals surface area contributed by atoms with Crippen molar-refractivity contribution in [2.24, 2.45) is 0 Å². The second-order valence-electron chi connectivity index (χ2n) is 4.52. The highest BCUT2D eigenvalue weighted by molar-refractivity contribution is 5.76. The molecule has 1 aromatic heterocycles. The molecule has 1 aromatic rings. The zero-order valence-corrected chi connectivity index (χ0v) is 12.0. The van der Waals surface area contributed by atoms with Gasteiger partial charge in [-0.2, -0.15) is 0 Å². The van der Waals surface area contributed by atoms with Crippen LogP contribution in [0.4, 0.5) is 0 Å². The highest BCUT2D eigenvalue weighted by atomic mass is 16.5. The zero-order valence-electron chi connectivity index (χ0n) is 12.0. The molecule has 6 nitrogen and oxygen atoms in total. The van der Waals surface area contributed by atoms with E-state index in [0.717, 1.165) is 18.8 Å². The van der Waals surface area contributed by atoms with Crippen molar-refractivity contribution in [2.75, 3.05) is 20.3 Å². The predicted octanol–water partition coefficient (Wildman–Crippen LogP) is 0.534. The smallest absolute Gasteiger partial charge is 0.240 e. The predicted molar refractivity (Wildman–Crippen MR) is 73.7 cm³/mol. The summed E-state index contributed by atoms with van der Waals surface area (Å²) in [7, 11) is 1.67. The van der Waals surface area contributed by atoms with Gasteiger partial charge in [-0.25, -0.2) is 4.98 Å². The zero-order chi connectivity index (χ0) is 14.1. The van der Waals surface area contributed by atoms with Gasteiger partial charge in [0.05, 0.1) is 13.2 Å². The summed E-state index contributed by atoms with van der Waals surface area (Å²) in [5.74, 6) is 0.876. The lowest BCUT2D eigenvalue weighted by atomic mass is 10.2. The fourth-order valence-electron chi connectivity index (χ4n) is 1.60. The van der Waals surface area contributed by atoms with E-state index in [4.69, 9.17) is 4.74 Å². The molecule has 1 rings (SSSR count). The molecule has 0 bridgehead atoms. The van der Waals surface area contributed by atoms with E-state index in [0.29, 0.717) is 19.7 Å². The van der Waals surface area contributed by atoms with Gasteiger partial charge in [0.1, 0.15) is 12.4 Å². The molecule has 0 aliphatic carbocycles. The molecule has 1 amide bonds. The number of methoxy groups -OCH3 is 1. The second kappa shape index (κ2) is 8.66. The molecule has 0 fully saturated rings. The minimum absolute atomic E-state index is 0.0190. The van der Waals surface area contributed by atoms with Crippen molar-refractivity contribution in [1.82, 2.24) is 20.2 Å². The van der Waals surface area contributed by atoms with Gasteiger partial charge in [0.15, 0.2) is 0 Å². The van der Waals surface area contributed by atoms with Crippen molar-refractivity contribution >= 4 is 5.91 Å². The Morgan fingerprint density at radius 2 is 2.37 bits per heavy atom. The van der Waals surface area contributed by atoms with Crippen molar-refractivity contribution < 1.29 is 9.53 Å². The number of carbonyl (C=O) groups is 1. The second-order valence-corrected chi connectivity index (χ2v) is 4.52. The molecule has 1 heterocycles. The SMILES string of the molecule is CCC(C)NC(=O)Cn1ccnc1CNCCOC. The van der Waals surface area contributed by atoms with Crippen LogP contribution in [0.3, 0.4) is 0 Å². The van der Waals surface area contributed by atoms with Gasteiger partial charge in [-0.15, -0.1) is 0 Å². The summed E-state index contributed by atoms with van der Waals surface area (Å²) in [6, 6.07) is 0.208. The molecule has 1 atom stereocenters. The Balaban J connectivity index is 2.41. The van der Waals surface area contributed by atoms with E-state index < -0.39 is 0 Å². The Labute approximate surface area is 114 Å². The summed E-state index contributed by atoms with van der Waals surface area (Å²) in [5, 5.41) is 6.16. The van der Waals surface area contributed by atoms with Crippen molar-refractivity contribution in [3.63, 3.8) is 0 Å². The molecule has 0 saturated heterocycles. The lowest BCUT2D eigenvalue weighted by molar-refractivity contribution is -0.122. The number of nitrogens with zero attached hydrogens (tertiary/aromatic N) is 2. The maximum Gasteiger partial charge on any atom is 0.240 e.